The molecule has 29 heavy (non-hydrogen) atoms. The van der Waals surface area contributed by atoms with E-state index in [-0.39, 0.29) is 12.2 Å². The summed E-state index contributed by atoms with van der Waals surface area (Å²) in [5.41, 5.74) is 1.11. The molecule has 0 aromatic heterocycles. The molecule has 2 atom stereocenters. The summed E-state index contributed by atoms with van der Waals surface area (Å²) in [7, 11) is -3.72. The van der Waals surface area contributed by atoms with Crippen LogP contribution in [0.4, 0.5) is 10.1 Å². The Kier molecular flexibility index (Phi) is 7.61. The Morgan fingerprint density at radius 1 is 1.10 bits per heavy atom. The van der Waals surface area contributed by atoms with Gasteiger partial charge in [-0.15, -0.1) is 0 Å². The predicted octanol–water partition coefficient (Wildman–Crippen LogP) is 3.65. The highest BCUT2D eigenvalue weighted by Gasteiger charge is 2.32. The van der Waals surface area contributed by atoms with Gasteiger partial charge >= 0.3 is 0 Å². The molecule has 0 fully saturated rings. The van der Waals surface area contributed by atoms with Crippen LogP contribution in [0.3, 0.4) is 0 Å². The zero-order valence-electron chi connectivity index (χ0n) is 17.1. The van der Waals surface area contributed by atoms with Gasteiger partial charge in [0.15, 0.2) is 0 Å². The van der Waals surface area contributed by atoms with E-state index in [0.717, 1.165) is 16.1 Å². The maximum Gasteiger partial charge on any atom is 0.244 e. The largest absolute Gasteiger partial charge is 0.494 e. The summed E-state index contributed by atoms with van der Waals surface area (Å²) < 4.78 is 44.7. The minimum absolute atomic E-state index is 0.280. The third kappa shape index (κ3) is 5.93. The second kappa shape index (κ2) is 9.73. The molecule has 158 valence electrons. The Morgan fingerprint density at radius 3 is 2.17 bits per heavy atom. The number of halogens is 1. The van der Waals surface area contributed by atoms with E-state index < -0.39 is 28.0 Å². The van der Waals surface area contributed by atoms with Gasteiger partial charge < -0.3 is 10.1 Å². The third-order valence-corrected chi connectivity index (χ3v) is 5.64. The first-order valence-electron chi connectivity index (χ1n) is 9.45. The third-order valence-electron chi connectivity index (χ3n) is 4.46. The standard InChI is InChI=1S/C21H27FN2O4S/c1-5-20(21(25)23-15(3)16-7-9-17(22)10-8-16)24(29(4,26)27)18-11-13-19(14-12-18)28-6-2/h7-15,20H,5-6H2,1-4H3,(H,23,25)/t15-,20+/m1/s1. The van der Waals surface area contributed by atoms with Crippen LogP contribution < -0.4 is 14.4 Å². The quantitative estimate of drug-likeness (QED) is 0.669. The molecule has 0 unspecified atom stereocenters. The minimum Gasteiger partial charge on any atom is -0.494 e. The number of carbonyl (C=O) groups excluding carboxylic acids is 1. The lowest BCUT2D eigenvalue weighted by Crippen LogP contribution is -2.49. The summed E-state index contributed by atoms with van der Waals surface area (Å²) in [5.74, 6) is -0.173. The molecular weight excluding hydrogens is 395 g/mol. The van der Waals surface area contributed by atoms with Crippen molar-refractivity contribution >= 4 is 21.6 Å². The van der Waals surface area contributed by atoms with Crippen molar-refractivity contribution in [1.82, 2.24) is 5.32 Å². The topological polar surface area (TPSA) is 75.7 Å². The molecule has 0 aliphatic carbocycles. The number of carbonyl (C=O) groups is 1. The van der Waals surface area contributed by atoms with E-state index in [2.05, 4.69) is 5.32 Å². The molecule has 2 rings (SSSR count). The van der Waals surface area contributed by atoms with Crippen LogP contribution in [-0.4, -0.2) is 33.2 Å². The number of anilines is 1. The summed E-state index contributed by atoms with van der Waals surface area (Å²) in [6, 6.07) is 11.0. The van der Waals surface area contributed by atoms with Crippen LogP contribution in [-0.2, 0) is 14.8 Å². The fraction of sp³-hybridized carbons (Fsp3) is 0.381. The van der Waals surface area contributed by atoms with Crippen molar-refractivity contribution in [3.8, 4) is 5.75 Å². The first-order valence-corrected chi connectivity index (χ1v) is 11.3. The van der Waals surface area contributed by atoms with Gasteiger partial charge in [-0.3, -0.25) is 9.10 Å². The van der Waals surface area contributed by atoms with Crippen LogP contribution in [0.2, 0.25) is 0 Å². The van der Waals surface area contributed by atoms with Crippen molar-refractivity contribution in [2.24, 2.45) is 0 Å². The highest BCUT2D eigenvalue weighted by molar-refractivity contribution is 7.92. The molecule has 1 N–H and O–H groups in total. The van der Waals surface area contributed by atoms with Gasteiger partial charge in [-0.2, -0.15) is 0 Å². The van der Waals surface area contributed by atoms with Gasteiger partial charge in [0.25, 0.3) is 0 Å². The van der Waals surface area contributed by atoms with Crippen LogP contribution in [0, 0.1) is 5.82 Å². The predicted molar refractivity (Wildman–Crippen MR) is 112 cm³/mol. The molecule has 0 radical (unpaired) electrons. The van der Waals surface area contributed by atoms with E-state index in [0.29, 0.717) is 18.0 Å². The molecule has 8 heteroatoms. The normalized spacial score (nSPS) is 13.4. The fourth-order valence-corrected chi connectivity index (χ4v) is 4.27. The number of amides is 1. The van der Waals surface area contributed by atoms with Crippen molar-refractivity contribution in [1.29, 1.82) is 0 Å². The maximum atomic E-state index is 13.1. The molecule has 0 aliphatic rings. The van der Waals surface area contributed by atoms with Gasteiger partial charge in [0.05, 0.1) is 24.6 Å². The molecule has 0 heterocycles. The number of ether oxygens (including phenoxy) is 1. The SMILES string of the molecule is CCOc1ccc(N([C@@H](CC)C(=O)N[C@H](C)c2ccc(F)cc2)S(C)(=O)=O)cc1. The van der Waals surface area contributed by atoms with Gasteiger partial charge in [0.2, 0.25) is 15.9 Å². The zero-order valence-corrected chi connectivity index (χ0v) is 17.9. The number of nitrogens with one attached hydrogen (secondary N) is 1. The van der Waals surface area contributed by atoms with Crippen LogP contribution in [0.1, 0.15) is 38.8 Å². The number of rotatable bonds is 9. The van der Waals surface area contributed by atoms with Gasteiger partial charge in [0, 0.05) is 0 Å². The van der Waals surface area contributed by atoms with E-state index in [9.17, 15) is 17.6 Å². The molecule has 2 aromatic carbocycles. The second-order valence-corrected chi connectivity index (χ2v) is 8.55. The minimum atomic E-state index is -3.72. The average molecular weight is 423 g/mol. The van der Waals surface area contributed by atoms with Crippen molar-refractivity contribution in [3.63, 3.8) is 0 Å². The van der Waals surface area contributed by atoms with Crippen LogP contribution in [0.25, 0.3) is 0 Å². The summed E-state index contributed by atoms with van der Waals surface area (Å²) in [6.45, 7) is 5.87. The number of hydrogen-bond acceptors (Lipinski definition) is 4. The van der Waals surface area contributed by atoms with Crippen molar-refractivity contribution < 1.29 is 22.3 Å². The Hall–Kier alpha value is -2.61. The monoisotopic (exact) mass is 422 g/mol. The second-order valence-electron chi connectivity index (χ2n) is 6.69. The molecule has 6 nitrogen and oxygen atoms in total. The first-order chi connectivity index (χ1) is 13.7. The van der Waals surface area contributed by atoms with Gasteiger partial charge in [-0.05, 0) is 62.2 Å². The maximum absolute atomic E-state index is 13.1. The highest BCUT2D eigenvalue weighted by Crippen LogP contribution is 2.26. The first kappa shape index (κ1) is 22.7. The summed E-state index contributed by atoms with van der Waals surface area (Å²) in [6.07, 6.45) is 1.35. The molecule has 0 spiro atoms. The molecule has 0 bridgehead atoms. The Morgan fingerprint density at radius 2 is 1.69 bits per heavy atom. The van der Waals surface area contributed by atoms with Crippen LogP contribution in [0.5, 0.6) is 5.75 Å². The van der Waals surface area contributed by atoms with Gasteiger partial charge in [-0.1, -0.05) is 19.1 Å². The van der Waals surface area contributed by atoms with E-state index in [1.807, 2.05) is 6.92 Å². The van der Waals surface area contributed by atoms with Crippen molar-refractivity contribution in [2.75, 3.05) is 17.2 Å². The van der Waals surface area contributed by atoms with Crippen molar-refractivity contribution in [3.05, 3.63) is 59.9 Å². The number of sulfonamides is 1. The highest BCUT2D eigenvalue weighted by atomic mass is 32.2. The lowest BCUT2D eigenvalue weighted by atomic mass is 10.1. The molecule has 2 aromatic rings. The summed E-state index contributed by atoms with van der Waals surface area (Å²) in [5, 5.41) is 2.83. The Labute approximate surface area is 171 Å². The Bertz CT molecular complexity index is 915. The fourth-order valence-electron chi connectivity index (χ4n) is 3.06. The molecule has 1 amide bonds. The average Bonchev–Trinajstić information content (AvgIpc) is 2.66. The van der Waals surface area contributed by atoms with Crippen LogP contribution >= 0.6 is 0 Å². The molecule has 0 saturated carbocycles. The van der Waals surface area contributed by atoms with Crippen LogP contribution in [0.15, 0.2) is 48.5 Å². The smallest absolute Gasteiger partial charge is 0.244 e. The summed E-state index contributed by atoms with van der Waals surface area (Å²) in [4.78, 5) is 12.9. The molecular formula is C21H27FN2O4S. The number of hydrogen-bond donors (Lipinski definition) is 1. The van der Waals surface area contributed by atoms with E-state index in [1.165, 1.54) is 12.1 Å². The number of benzene rings is 2. The Balaban J connectivity index is 2.27. The van der Waals surface area contributed by atoms with Crippen molar-refractivity contribution in [2.45, 2.75) is 39.3 Å². The van der Waals surface area contributed by atoms with Gasteiger partial charge in [-0.25, -0.2) is 12.8 Å². The number of nitrogens with zero attached hydrogens (tertiary/aromatic N) is 1. The van der Waals surface area contributed by atoms with Gasteiger partial charge in [0.1, 0.15) is 17.6 Å². The molecule has 0 saturated heterocycles. The summed E-state index contributed by atoms with van der Waals surface area (Å²) >= 11 is 0. The lowest BCUT2D eigenvalue weighted by Gasteiger charge is -2.31. The van der Waals surface area contributed by atoms with E-state index >= 15 is 0 Å². The lowest BCUT2D eigenvalue weighted by molar-refractivity contribution is -0.122. The molecule has 0 aliphatic heterocycles. The zero-order chi connectivity index (χ0) is 21.6. The van der Waals surface area contributed by atoms with E-state index in [4.69, 9.17) is 4.74 Å². The van der Waals surface area contributed by atoms with E-state index in [1.54, 1.807) is 50.2 Å².